The topological polar surface area (TPSA) is 105 Å². The fourth-order valence-corrected chi connectivity index (χ4v) is 4.54. The Kier molecular flexibility index (Phi) is 5.52. The number of hydrogen-bond donors (Lipinski definition) is 2. The number of aromatic amines is 1. The first-order valence-corrected chi connectivity index (χ1v) is 11.4. The lowest BCUT2D eigenvalue weighted by Crippen LogP contribution is -2.44. The van der Waals surface area contributed by atoms with E-state index in [0.717, 1.165) is 46.0 Å². The minimum absolute atomic E-state index is 0.170. The number of carbonyl (C=O) groups is 1. The fourth-order valence-electron chi connectivity index (χ4n) is 4.54. The van der Waals surface area contributed by atoms with Gasteiger partial charge in [0, 0.05) is 26.5 Å². The zero-order valence-corrected chi connectivity index (χ0v) is 20.1. The molecule has 4 aromatic rings. The molecular weight excluding hydrogens is 432 g/mol. The number of aryl methyl sites for hydroxylation is 2. The Morgan fingerprint density at radius 3 is 2.74 bits per heavy atom. The summed E-state index contributed by atoms with van der Waals surface area (Å²) in [5.41, 5.74) is 5.49. The normalized spacial score (nSPS) is 16.3. The highest BCUT2D eigenvalue weighted by atomic mass is 16.5. The summed E-state index contributed by atoms with van der Waals surface area (Å²) in [5.74, 6) is 1.44. The van der Waals surface area contributed by atoms with E-state index in [4.69, 9.17) is 14.7 Å². The molecule has 3 aromatic heterocycles. The van der Waals surface area contributed by atoms with Gasteiger partial charge in [-0.15, -0.1) is 4.68 Å². The maximum absolute atomic E-state index is 12.0. The summed E-state index contributed by atoms with van der Waals surface area (Å²) in [4.78, 5) is 28.8. The van der Waals surface area contributed by atoms with Gasteiger partial charge in [0.25, 0.3) is 0 Å². The molecule has 2 N–H and O–H groups in total. The molecule has 0 bridgehead atoms. The summed E-state index contributed by atoms with van der Waals surface area (Å²) in [7, 11) is 1.98. The molecule has 1 fully saturated rings. The molecule has 1 aliphatic heterocycles. The first kappa shape index (κ1) is 22.0. The number of amides is 1. The van der Waals surface area contributed by atoms with Crippen molar-refractivity contribution in [1.82, 2.24) is 24.6 Å². The largest absolute Gasteiger partial charge is 0.377 e. The monoisotopic (exact) mass is 461 g/mol. The summed E-state index contributed by atoms with van der Waals surface area (Å²) < 4.78 is 9.45. The van der Waals surface area contributed by atoms with Crippen LogP contribution in [-0.4, -0.2) is 56.3 Å². The van der Waals surface area contributed by atoms with E-state index in [-0.39, 0.29) is 11.9 Å². The van der Waals surface area contributed by atoms with Gasteiger partial charge in [0.1, 0.15) is 5.82 Å². The molecule has 176 valence electrons. The predicted molar refractivity (Wildman–Crippen MR) is 129 cm³/mol. The minimum atomic E-state index is -0.209. The van der Waals surface area contributed by atoms with Gasteiger partial charge >= 0.3 is 0 Å². The summed E-state index contributed by atoms with van der Waals surface area (Å²) in [5, 5.41) is 6.19. The fraction of sp³-hybridized carbons (Fsp3) is 0.375. The van der Waals surface area contributed by atoms with Gasteiger partial charge in [-0.1, -0.05) is 12.1 Å². The molecule has 1 saturated heterocycles. The number of ether oxygens (including phenoxy) is 1. The molecule has 1 aliphatic rings. The van der Waals surface area contributed by atoms with Crippen LogP contribution >= 0.6 is 0 Å². The van der Waals surface area contributed by atoms with E-state index >= 15 is 0 Å². The Morgan fingerprint density at radius 1 is 1.24 bits per heavy atom. The van der Waals surface area contributed by atoms with Crippen molar-refractivity contribution in [3.8, 4) is 17.2 Å². The molecule has 1 aromatic carbocycles. The van der Waals surface area contributed by atoms with Crippen LogP contribution in [-0.2, 0) is 16.6 Å². The molecule has 5 rings (SSSR count). The van der Waals surface area contributed by atoms with Crippen molar-refractivity contribution in [2.45, 2.75) is 33.7 Å². The highest BCUT2D eigenvalue weighted by Gasteiger charge is 2.26. The standard InChI is InChI=1S/C24H28N8O2/c1-14-13-34-11-10-31(14)21-12-19(22-15(2)29-30(5)16(22)3)27-24(28-21)32-20-9-7-6-8-18(20)26-23(32)25-17(4)33/h6-9,12,14H,10-11,13H2,1-5H3,(H,25,26,33)/p+1/t14-/m1/s1. The molecule has 10 heteroatoms. The number of anilines is 2. The van der Waals surface area contributed by atoms with Gasteiger partial charge in [0.15, 0.2) is 7.05 Å². The van der Waals surface area contributed by atoms with E-state index in [0.29, 0.717) is 25.1 Å². The van der Waals surface area contributed by atoms with Gasteiger partial charge < -0.3 is 9.64 Å². The van der Waals surface area contributed by atoms with Crippen molar-refractivity contribution in [2.24, 2.45) is 7.05 Å². The third-order valence-electron chi connectivity index (χ3n) is 6.24. The van der Waals surface area contributed by atoms with E-state index in [9.17, 15) is 4.79 Å². The van der Waals surface area contributed by atoms with Gasteiger partial charge in [-0.25, -0.2) is 14.5 Å². The van der Waals surface area contributed by atoms with Crippen molar-refractivity contribution < 1.29 is 14.2 Å². The summed E-state index contributed by atoms with van der Waals surface area (Å²) in [6, 6.07) is 9.92. The van der Waals surface area contributed by atoms with Crippen LogP contribution in [0.3, 0.4) is 0 Å². The van der Waals surface area contributed by atoms with E-state index in [2.05, 4.69) is 34.1 Å². The maximum atomic E-state index is 12.0. The van der Waals surface area contributed by atoms with E-state index in [1.165, 1.54) is 6.92 Å². The van der Waals surface area contributed by atoms with Crippen LogP contribution in [0.2, 0.25) is 0 Å². The number of carbonyl (C=O) groups excluding carboxylic acids is 1. The van der Waals surface area contributed by atoms with E-state index < -0.39 is 0 Å². The second-order valence-corrected chi connectivity index (χ2v) is 8.73. The number of morpholine rings is 1. The molecule has 0 radical (unpaired) electrons. The molecule has 34 heavy (non-hydrogen) atoms. The zero-order chi connectivity index (χ0) is 24.0. The van der Waals surface area contributed by atoms with Gasteiger partial charge in [0.2, 0.25) is 23.5 Å². The van der Waals surface area contributed by atoms with Crippen molar-refractivity contribution in [1.29, 1.82) is 0 Å². The molecule has 0 aliphatic carbocycles. The molecule has 0 spiro atoms. The van der Waals surface area contributed by atoms with Crippen molar-refractivity contribution in [3.05, 3.63) is 41.7 Å². The molecule has 4 heterocycles. The van der Waals surface area contributed by atoms with Crippen LogP contribution in [0, 0.1) is 13.8 Å². The van der Waals surface area contributed by atoms with Gasteiger partial charge in [0.05, 0.1) is 47.2 Å². The SMILES string of the molecule is CC(=O)Nc1nc2ccccc2n1-c1nc(-c2c(C)[nH][n+](C)c2C)cc(N2CCOC[C@H]2C)n1. The van der Waals surface area contributed by atoms with Crippen LogP contribution in [0.1, 0.15) is 25.2 Å². The molecular formula is C24H29N8O2+. The van der Waals surface area contributed by atoms with Crippen LogP contribution in [0.15, 0.2) is 30.3 Å². The third kappa shape index (κ3) is 3.79. The molecule has 10 nitrogen and oxygen atoms in total. The quantitative estimate of drug-likeness (QED) is 0.453. The predicted octanol–water partition coefficient (Wildman–Crippen LogP) is 2.44. The lowest BCUT2D eigenvalue weighted by Gasteiger charge is -2.34. The average Bonchev–Trinajstić information content (AvgIpc) is 3.28. The Hall–Kier alpha value is -3.79. The second-order valence-electron chi connectivity index (χ2n) is 8.73. The number of imidazole rings is 1. The smallest absolute Gasteiger partial charge is 0.239 e. The Bertz CT molecular complexity index is 1390. The van der Waals surface area contributed by atoms with Crippen molar-refractivity contribution in [3.63, 3.8) is 0 Å². The maximum Gasteiger partial charge on any atom is 0.239 e. The summed E-state index contributed by atoms with van der Waals surface area (Å²) in [6.07, 6.45) is 0. The van der Waals surface area contributed by atoms with Gasteiger partial charge in [-0.2, -0.15) is 10.1 Å². The van der Waals surface area contributed by atoms with E-state index in [1.807, 2.05) is 53.6 Å². The zero-order valence-electron chi connectivity index (χ0n) is 20.1. The second kappa shape index (κ2) is 8.53. The average molecular weight is 462 g/mol. The van der Waals surface area contributed by atoms with Gasteiger partial charge in [-0.3, -0.25) is 10.1 Å². The first-order valence-electron chi connectivity index (χ1n) is 11.4. The summed E-state index contributed by atoms with van der Waals surface area (Å²) in [6.45, 7) is 9.71. The van der Waals surface area contributed by atoms with Crippen LogP contribution < -0.4 is 14.9 Å². The van der Waals surface area contributed by atoms with Crippen LogP contribution in [0.25, 0.3) is 28.2 Å². The minimum Gasteiger partial charge on any atom is -0.377 e. The number of rotatable bonds is 4. The Morgan fingerprint density at radius 2 is 2.03 bits per heavy atom. The number of fused-ring (bicyclic) bond motifs is 1. The highest BCUT2D eigenvalue weighted by Crippen LogP contribution is 2.30. The number of hydrogen-bond acceptors (Lipinski definition) is 6. The number of H-pyrrole nitrogens is 1. The number of nitrogens with zero attached hydrogens (tertiary/aromatic N) is 6. The lowest BCUT2D eigenvalue weighted by molar-refractivity contribution is -0.732. The molecule has 1 atom stereocenters. The Labute approximate surface area is 197 Å². The van der Waals surface area contributed by atoms with Crippen molar-refractivity contribution in [2.75, 3.05) is 30.0 Å². The number of aromatic nitrogens is 6. The van der Waals surface area contributed by atoms with E-state index in [1.54, 1.807) is 0 Å². The molecule has 0 saturated carbocycles. The number of para-hydroxylation sites is 2. The molecule has 0 unspecified atom stereocenters. The van der Waals surface area contributed by atoms with Crippen LogP contribution in [0.5, 0.6) is 0 Å². The first-order chi connectivity index (χ1) is 16.3. The van der Waals surface area contributed by atoms with Gasteiger partial charge in [-0.05, 0) is 26.0 Å². The Balaban J connectivity index is 1.78. The van der Waals surface area contributed by atoms with Crippen LogP contribution in [0.4, 0.5) is 11.8 Å². The summed E-state index contributed by atoms with van der Waals surface area (Å²) >= 11 is 0. The number of nitrogens with one attached hydrogen (secondary N) is 2. The highest BCUT2D eigenvalue weighted by molar-refractivity contribution is 5.90. The number of benzene rings is 1. The third-order valence-corrected chi connectivity index (χ3v) is 6.24. The lowest BCUT2D eigenvalue weighted by atomic mass is 10.1. The molecule has 1 amide bonds. The van der Waals surface area contributed by atoms with Crippen molar-refractivity contribution >= 4 is 28.7 Å².